The number of ether oxygens (including phenoxy) is 4. The third-order valence-corrected chi connectivity index (χ3v) is 12.9. The fraction of sp³-hybridized carbons (Fsp3) is 0.373. The molecule has 2 aliphatic heterocycles. The van der Waals surface area contributed by atoms with E-state index < -0.39 is 33.6 Å². The number of alkyl halides is 1. The summed E-state index contributed by atoms with van der Waals surface area (Å²) in [5.74, 6) is 1.33. The van der Waals surface area contributed by atoms with Gasteiger partial charge < -0.3 is 39.4 Å². The predicted octanol–water partition coefficient (Wildman–Crippen LogP) is 8.10. The lowest BCUT2D eigenvalue weighted by Gasteiger charge is -2.37. The van der Waals surface area contributed by atoms with Gasteiger partial charge in [-0.15, -0.1) is 0 Å². The molecule has 7 rings (SSSR count). The van der Waals surface area contributed by atoms with Crippen LogP contribution in [0.5, 0.6) is 23.0 Å². The van der Waals surface area contributed by atoms with Gasteiger partial charge in [-0.1, -0.05) is 29.8 Å². The van der Waals surface area contributed by atoms with Crippen molar-refractivity contribution in [2.24, 2.45) is 0 Å². The first-order chi connectivity index (χ1) is 31.2. The van der Waals surface area contributed by atoms with Crippen LogP contribution in [-0.2, 0) is 53.6 Å². The lowest BCUT2D eigenvalue weighted by molar-refractivity contribution is 0.0245. The average Bonchev–Trinajstić information content (AvgIpc) is 3.27. The Morgan fingerprint density at radius 1 is 0.652 bits per heavy atom. The van der Waals surface area contributed by atoms with Crippen LogP contribution in [0, 0.1) is 6.92 Å². The number of aliphatic hydroxyl groups is 4. The van der Waals surface area contributed by atoms with Crippen LogP contribution in [-0.4, -0.2) is 65.8 Å². The third kappa shape index (κ3) is 11.5. The second kappa shape index (κ2) is 20.5. The number of aliphatic hydroxyl groups excluding tert-OH is 4. The summed E-state index contributed by atoms with van der Waals surface area (Å²) in [6, 6.07) is 22.9. The maximum Gasteiger partial charge on any atom is 0.297 e. The van der Waals surface area contributed by atoms with Crippen molar-refractivity contribution in [3.63, 3.8) is 0 Å². The molecule has 0 amide bonds. The molecule has 0 radical (unpaired) electrons. The average molecular weight is 929 g/mol. The highest BCUT2D eigenvalue weighted by molar-refractivity contribution is 7.86. The standard InChI is InChI=1S/C29H32O8S.C22H25FO5/c1-18-5-8-22(9-6-18)38(33,34)37-28-15-29(2,3)36-26-10-7-20(14-23(26)28)25(32)12-19-11-21(16-30)24(17-31)27(13-19)35-4;1-22(2)10-18(23)16-9-14(4-5-20(16)28-22)19(26)7-13-6-15(11-24)17(12-25)21(8-13)27-3/h5-11,13-14,28,30-31H,12,15-17H2,1-4H3;4-6,8-9,18,24-25H,7,10-12H2,1-3H3. The Bertz CT molecular complexity index is 2640. The van der Waals surface area contributed by atoms with Crippen molar-refractivity contribution >= 4 is 21.7 Å². The van der Waals surface area contributed by atoms with Crippen molar-refractivity contribution in [3.8, 4) is 23.0 Å². The normalized spacial score (nSPS) is 16.9. The van der Waals surface area contributed by atoms with Crippen molar-refractivity contribution in [3.05, 3.63) is 146 Å². The molecule has 0 fully saturated rings. The zero-order valence-corrected chi connectivity index (χ0v) is 39.0. The van der Waals surface area contributed by atoms with Crippen LogP contribution >= 0.6 is 0 Å². The van der Waals surface area contributed by atoms with Crippen molar-refractivity contribution in [2.45, 2.75) is 115 Å². The number of methoxy groups -OCH3 is 2. The molecule has 0 spiro atoms. The zero-order chi connectivity index (χ0) is 48.1. The van der Waals surface area contributed by atoms with Gasteiger partial charge in [-0.2, -0.15) is 8.42 Å². The Kier molecular flexibility index (Phi) is 15.4. The highest BCUT2D eigenvalue weighted by Gasteiger charge is 2.38. The number of hydrogen-bond acceptors (Lipinski definition) is 13. The van der Waals surface area contributed by atoms with E-state index in [4.69, 9.17) is 23.1 Å². The maximum absolute atomic E-state index is 14.6. The van der Waals surface area contributed by atoms with Crippen LogP contribution in [0.4, 0.5) is 4.39 Å². The van der Waals surface area contributed by atoms with E-state index in [1.165, 1.54) is 26.4 Å². The number of carbonyl (C=O) groups excluding carboxylic acids is 2. The topological polar surface area (TPSA) is 195 Å². The summed E-state index contributed by atoms with van der Waals surface area (Å²) >= 11 is 0. The predicted molar refractivity (Wildman–Crippen MR) is 243 cm³/mol. The summed E-state index contributed by atoms with van der Waals surface area (Å²) in [5.41, 5.74) is 4.52. The highest BCUT2D eigenvalue weighted by Crippen LogP contribution is 2.44. The number of ketones is 2. The van der Waals surface area contributed by atoms with Crippen LogP contribution in [0.2, 0.25) is 0 Å². The summed E-state index contributed by atoms with van der Waals surface area (Å²) in [4.78, 5) is 26.1. The molecule has 0 aromatic heterocycles. The summed E-state index contributed by atoms with van der Waals surface area (Å²) in [6.45, 7) is 8.09. The van der Waals surface area contributed by atoms with Crippen molar-refractivity contribution in [2.75, 3.05) is 14.2 Å². The van der Waals surface area contributed by atoms with Gasteiger partial charge in [-0.05, 0) is 118 Å². The molecule has 0 aliphatic carbocycles. The van der Waals surface area contributed by atoms with Crippen molar-refractivity contribution < 1.29 is 66.0 Å². The van der Waals surface area contributed by atoms with E-state index >= 15 is 0 Å². The van der Waals surface area contributed by atoms with E-state index in [9.17, 15) is 42.8 Å². The van der Waals surface area contributed by atoms with Gasteiger partial charge in [0.2, 0.25) is 0 Å². The van der Waals surface area contributed by atoms with Gasteiger partial charge in [0.25, 0.3) is 10.1 Å². The number of rotatable bonds is 15. The summed E-state index contributed by atoms with van der Waals surface area (Å²) in [6.07, 6.45) is -1.46. The number of hydrogen-bond donors (Lipinski definition) is 4. The Hall–Kier alpha value is -5.68. The van der Waals surface area contributed by atoms with Gasteiger partial charge >= 0.3 is 0 Å². The van der Waals surface area contributed by atoms with Crippen LogP contribution in [0.15, 0.2) is 89.8 Å². The Balaban J connectivity index is 0.000000229. The van der Waals surface area contributed by atoms with Gasteiger partial charge in [0.1, 0.15) is 46.5 Å². The first-order valence-electron chi connectivity index (χ1n) is 21.4. The minimum absolute atomic E-state index is 0.00734. The quantitative estimate of drug-likeness (QED) is 0.0582. The zero-order valence-electron chi connectivity index (χ0n) is 38.1. The van der Waals surface area contributed by atoms with E-state index in [2.05, 4.69) is 0 Å². The van der Waals surface area contributed by atoms with Crippen molar-refractivity contribution in [1.82, 2.24) is 0 Å². The lowest BCUT2D eigenvalue weighted by Crippen LogP contribution is -2.36. The molecular weight excluding hydrogens is 872 g/mol. The van der Waals surface area contributed by atoms with Crippen LogP contribution in [0.3, 0.4) is 0 Å². The number of carbonyl (C=O) groups is 2. The van der Waals surface area contributed by atoms with E-state index in [1.807, 2.05) is 34.6 Å². The summed E-state index contributed by atoms with van der Waals surface area (Å²) in [5, 5.41) is 38.4. The van der Waals surface area contributed by atoms with Crippen molar-refractivity contribution in [1.29, 1.82) is 0 Å². The molecule has 15 heteroatoms. The van der Waals surface area contributed by atoms with Gasteiger partial charge in [0.05, 0.1) is 45.5 Å². The lowest BCUT2D eigenvalue weighted by atomic mass is 9.89. The van der Waals surface area contributed by atoms with Gasteiger partial charge in [0, 0.05) is 59.1 Å². The third-order valence-electron chi connectivity index (χ3n) is 11.6. The minimum atomic E-state index is -4.07. The number of Topliss-reactive ketones (excluding diaryl/α,β-unsaturated/α-hetero) is 2. The van der Waals surface area contributed by atoms with Crippen LogP contribution in [0.25, 0.3) is 0 Å². The SMILES string of the molecule is COc1cc(CC(=O)c2ccc3c(c2)C(F)CC(C)(C)O3)cc(CO)c1CO.COc1cc(CC(=O)c2ccc3c(c2)C(OS(=O)(=O)c2ccc(C)cc2)CC(C)(C)O3)cc(CO)c1CO. The van der Waals surface area contributed by atoms with Gasteiger partial charge in [-0.25, -0.2) is 4.39 Å². The highest BCUT2D eigenvalue weighted by atomic mass is 32.2. The van der Waals surface area contributed by atoms with E-state index in [0.717, 1.165) is 5.56 Å². The Labute approximate surface area is 384 Å². The molecule has 5 aromatic rings. The second-order valence-electron chi connectivity index (χ2n) is 17.7. The molecule has 13 nitrogen and oxygen atoms in total. The molecule has 4 N–H and O–H groups in total. The molecule has 2 aliphatic rings. The molecule has 2 heterocycles. The number of aryl methyl sites for hydroxylation is 1. The molecule has 0 saturated carbocycles. The maximum atomic E-state index is 14.6. The van der Waals surface area contributed by atoms with E-state index in [0.29, 0.717) is 78.6 Å². The fourth-order valence-electron chi connectivity index (χ4n) is 8.22. The molecule has 66 heavy (non-hydrogen) atoms. The Morgan fingerprint density at radius 2 is 1.11 bits per heavy atom. The minimum Gasteiger partial charge on any atom is -0.496 e. The molecular formula is C51H57FO13S. The molecule has 0 saturated heterocycles. The summed E-state index contributed by atoms with van der Waals surface area (Å²) < 4.78 is 68.9. The van der Waals surface area contributed by atoms with E-state index in [1.54, 1.807) is 72.8 Å². The monoisotopic (exact) mass is 928 g/mol. The molecule has 2 atom stereocenters. The largest absolute Gasteiger partial charge is 0.496 e. The molecule has 5 aromatic carbocycles. The second-order valence-corrected chi connectivity index (χ2v) is 19.2. The number of fused-ring (bicyclic) bond motifs is 2. The van der Waals surface area contributed by atoms with Gasteiger partial charge in [-0.3, -0.25) is 13.8 Å². The fourth-order valence-corrected chi connectivity index (χ4v) is 9.28. The van der Waals surface area contributed by atoms with Crippen LogP contribution < -0.4 is 18.9 Å². The number of benzene rings is 5. The molecule has 352 valence electrons. The van der Waals surface area contributed by atoms with Crippen LogP contribution in [0.1, 0.15) is 124 Å². The van der Waals surface area contributed by atoms with Gasteiger partial charge in [0.15, 0.2) is 11.6 Å². The first kappa shape index (κ1) is 49.7. The smallest absolute Gasteiger partial charge is 0.297 e. The number of halogens is 1. The Morgan fingerprint density at radius 3 is 1.56 bits per heavy atom. The molecule has 0 bridgehead atoms. The molecule has 2 unspecified atom stereocenters. The first-order valence-corrected chi connectivity index (χ1v) is 22.8. The van der Waals surface area contributed by atoms with E-state index in [-0.39, 0.29) is 68.6 Å². The summed E-state index contributed by atoms with van der Waals surface area (Å²) in [7, 11) is -1.15.